The predicted octanol–water partition coefficient (Wildman–Crippen LogP) is 3.09. The van der Waals surface area contributed by atoms with E-state index in [9.17, 15) is 19.2 Å². The van der Waals surface area contributed by atoms with Crippen LogP contribution in [0.3, 0.4) is 0 Å². The van der Waals surface area contributed by atoms with Gasteiger partial charge >= 0.3 is 6.09 Å². The maximum atomic E-state index is 13.4. The third-order valence-corrected chi connectivity index (χ3v) is 7.14. The Morgan fingerprint density at radius 3 is 2.23 bits per heavy atom. The van der Waals surface area contributed by atoms with Crippen molar-refractivity contribution >= 4 is 23.7 Å². The Morgan fingerprint density at radius 2 is 1.64 bits per heavy atom. The summed E-state index contributed by atoms with van der Waals surface area (Å²) in [7, 11) is 1.22. The van der Waals surface area contributed by atoms with Crippen molar-refractivity contribution in [3.8, 4) is 0 Å². The second-order valence-electron chi connectivity index (χ2n) is 11.0. The molecule has 0 saturated carbocycles. The van der Waals surface area contributed by atoms with E-state index in [0.29, 0.717) is 19.4 Å². The molecule has 2 heterocycles. The molecule has 3 rings (SSSR count). The Morgan fingerprint density at radius 1 is 1.00 bits per heavy atom. The monoisotopic (exact) mass is 541 g/mol. The number of amides is 3. The molecule has 2 N–H and O–H groups in total. The molecule has 0 spiro atoms. The van der Waals surface area contributed by atoms with Crippen molar-refractivity contribution in [2.75, 3.05) is 13.7 Å². The van der Waals surface area contributed by atoms with Gasteiger partial charge < -0.3 is 24.7 Å². The number of likely N-dealkylation sites (tertiary alicyclic amines) is 1. The number of rotatable bonds is 10. The lowest BCUT2D eigenvalue weighted by Gasteiger charge is -2.31. The predicted molar refractivity (Wildman–Crippen MR) is 143 cm³/mol. The fraction of sp³-hybridized carbons (Fsp3) is 0.571. The van der Waals surface area contributed by atoms with Crippen LogP contribution in [-0.4, -0.2) is 70.6 Å². The lowest BCUT2D eigenvalue weighted by molar-refractivity contribution is -0.141. The van der Waals surface area contributed by atoms with Crippen LogP contribution in [-0.2, 0) is 19.7 Å². The number of methoxy groups -OCH3 is 1. The number of Topliss-reactive ketones (excluding diaryl/α,β-unsaturated/α-hetero) is 1. The van der Waals surface area contributed by atoms with Gasteiger partial charge in [0.1, 0.15) is 12.1 Å². The van der Waals surface area contributed by atoms with Crippen LogP contribution >= 0.6 is 0 Å². The summed E-state index contributed by atoms with van der Waals surface area (Å²) in [5.74, 6) is -1.72. The number of ketones is 1. The summed E-state index contributed by atoms with van der Waals surface area (Å²) in [6.07, 6.45) is 0.340. The van der Waals surface area contributed by atoms with Gasteiger partial charge in [-0.1, -0.05) is 58.0 Å². The first-order valence-corrected chi connectivity index (χ1v) is 13.3. The number of nitrogens with zero attached hydrogens (tertiary/aromatic N) is 3. The minimum Gasteiger partial charge on any atom is -0.453 e. The molecule has 212 valence electrons. The lowest BCUT2D eigenvalue weighted by Crippen LogP contribution is -2.57. The van der Waals surface area contributed by atoms with Gasteiger partial charge in [-0.25, -0.2) is 4.79 Å². The van der Waals surface area contributed by atoms with E-state index in [0.717, 1.165) is 5.56 Å². The van der Waals surface area contributed by atoms with Crippen molar-refractivity contribution < 1.29 is 28.3 Å². The van der Waals surface area contributed by atoms with Crippen molar-refractivity contribution in [1.82, 2.24) is 25.7 Å². The number of carbonyl (C=O) groups is 4. The number of alkyl carbamates (subject to hydrolysis) is 1. The number of hydrogen-bond acceptors (Lipinski definition) is 8. The van der Waals surface area contributed by atoms with Crippen LogP contribution < -0.4 is 10.6 Å². The molecule has 1 aliphatic heterocycles. The Hall–Kier alpha value is -3.76. The molecule has 39 heavy (non-hydrogen) atoms. The normalized spacial score (nSPS) is 17.2. The molecular formula is C28H39N5O6. The number of aromatic nitrogens is 2. The highest BCUT2D eigenvalue weighted by Crippen LogP contribution is 2.30. The molecule has 1 fully saturated rings. The standard InChI is InChI=1S/C28H39N5O6/c1-16(2)20(22(34)24-31-32-26(39-24)28(5,6)18-12-9-8-10-13-18)29-23(35)19-14-11-15-33(19)25(36)21(17(3)4)30-27(37)38-7/h8-10,12-13,16-17,19-21H,11,14-15H2,1-7H3,(H,29,35)(H,30,37)/t19-,20-,21-/m0/s1. The molecule has 1 aromatic heterocycles. The van der Waals surface area contributed by atoms with Crippen LogP contribution in [0, 0.1) is 11.8 Å². The second kappa shape index (κ2) is 12.4. The van der Waals surface area contributed by atoms with Crippen LogP contribution in [0.25, 0.3) is 0 Å². The van der Waals surface area contributed by atoms with E-state index in [1.54, 1.807) is 27.7 Å². The largest absolute Gasteiger partial charge is 0.453 e. The molecule has 1 aliphatic rings. The summed E-state index contributed by atoms with van der Waals surface area (Å²) in [5.41, 5.74) is 0.327. The molecule has 11 nitrogen and oxygen atoms in total. The van der Waals surface area contributed by atoms with Crippen LogP contribution in [0.15, 0.2) is 34.7 Å². The fourth-order valence-electron chi connectivity index (χ4n) is 4.65. The van der Waals surface area contributed by atoms with Crippen molar-refractivity contribution in [2.24, 2.45) is 11.8 Å². The molecule has 11 heteroatoms. The van der Waals surface area contributed by atoms with Crippen LogP contribution in [0.1, 0.15) is 76.5 Å². The van der Waals surface area contributed by atoms with Gasteiger partial charge in [0.15, 0.2) is 0 Å². The van der Waals surface area contributed by atoms with Crippen molar-refractivity contribution in [3.63, 3.8) is 0 Å². The minimum atomic E-state index is -0.933. The van der Waals surface area contributed by atoms with Crippen molar-refractivity contribution in [2.45, 2.75) is 77.9 Å². The van der Waals surface area contributed by atoms with E-state index in [4.69, 9.17) is 4.42 Å². The zero-order valence-corrected chi connectivity index (χ0v) is 23.7. The SMILES string of the molecule is COC(=O)N[C@H](C(=O)N1CCC[C@H]1C(=O)N[C@H](C(=O)c1nnc(C(C)(C)c2ccccc2)o1)C(C)C)C(C)C. The van der Waals surface area contributed by atoms with E-state index in [-0.39, 0.29) is 29.5 Å². The molecule has 0 unspecified atom stereocenters. The highest BCUT2D eigenvalue weighted by molar-refractivity contribution is 6.00. The van der Waals surface area contributed by atoms with Crippen molar-refractivity contribution in [1.29, 1.82) is 0 Å². The first-order chi connectivity index (χ1) is 18.4. The highest BCUT2D eigenvalue weighted by Gasteiger charge is 2.41. The van der Waals surface area contributed by atoms with Crippen molar-refractivity contribution in [3.05, 3.63) is 47.7 Å². The van der Waals surface area contributed by atoms with Gasteiger partial charge in [0.25, 0.3) is 5.89 Å². The first kappa shape index (κ1) is 29.8. The van der Waals surface area contributed by atoms with Gasteiger partial charge in [0.2, 0.25) is 23.5 Å². The third-order valence-electron chi connectivity index (χ3n) is 7.14. The van der Waals surface area contributed by atoms with Gasteiger partial charge in [0.05, 0.1) is 18.6 Å². The second-order valence-corrected chi connectivity index (χ2v) is 11.0. The number of carbonyl (C=O) groups excluding carboxylic acids is 4. The van der Waals surface area contributed by atoms with E-state index in [2.05, 4.69) is 25.6 Å². The van der Waals surface area contributed by atoms with E-state index in [1.165, 1.54) is 12.0 Å². The summed E-state index contributed by atoms with van der Waals surface area (Å²) >= 11 is 0. The van der Waals surface area contributed by atoms with E-state index < -0.39 is 41.3 Å². The Bertz CT molecular complexity index is 1180. The van der Waals surface area contributed by atoms with Crippen LogP contribution in [0.2, 0.25) is 0 Å². The molecule has 1 saturated heterocycles. The Balaban J connectivity index is 1.76. The van der Waals surface area contributed by atoms with Gasteiger partial charge in [-0.2, -0.15) is 0 Å². The van der Waals surface area contributed by atoms with E-state index >= 15 is 0 Å². The molecule has 0 aliphatic carbocycles. The summed E-state index contributed by atoms with van der Waals surface area (Å²) in [6, 6.07) is 7.07. The molecule has 3 atom stereocenters. The number of benzene rings is 1. The summed E-state index contributed by atoms with van der Waals surface area (Å²) < 4.78 is 10.5. The molecule has 2 aromatic rings. The maximum absolute atomic E-state index is 13.4. The number of ether oxygens (including phenoxy) is 1. The highest BCUT2D eigenvalue weighted by atomic mass is 16.5. The summed E-state index contributed by atoms with van der Waals surface area (Å²) in [5, 5.41) is 13.5. The topological polar surface area (TPSA) is 144 Å². The quantitative estimate of drug-likeness (QED) is 0.437. The zero-order chi connectivity index (χ0) is 28.9. The summed E-state index contributed by atoms with van der Waals surface area (Å²) in [4.78, 5) is 53.4. The molecule has 3 amide bonds. The Labute approximate surface area is 229 Å². The van der Waals surface area contributed by atoms with Crippen LogP contribution in [0.5, 0.6) is 0 Å². The van der Waals surface area contributed by atoms with Gasteiger partial charge in [-0.15, -0.1) is 10.2 Å². The maximum Gasteiger partial charge on any atom is 0.407 e. The van der Waals surface area contributed by atoms with Gasteiger partial charge in [0, 0.05) is 6.54 Å². The fourth-order valence-corrected chi connectivity index (χ4v) is 4.65. The zero-order valence-electron chi connectivity index (χ0n) is 23.7. The third kappa shape index (κ3) is 6.63. The molecule has 0 bridgehead atoms. The average molecular weight is 542 g/mol. The average Bonchev–Trinajstić information content (AvgIpc) is 3.60. The van der Waals surface area contributed by atoms with E-state index in [1.807, 2.05) is 44.2 Å². The molecule has 1 aromatic carbocycles. The smallest absolute Gasteiger partial charge is 0.407 e. The number of nitrogens with one attached hydrogen (secondary N) is 2. The van der Waals surface area contributed by atoms with Gasteiger partial charge in [-0.3, -0.25) is 14.4 Å². The summed E-state index contributed by atoms with van der Waals surface area (Å²) in [6.45, 7) is 11.4. The molecular weight excluding hydrogens is 502 g/mol. The first-order valence-electron chi connectivity index (χ1n) is 13.3. The minimum absolute atomic E-state index is 0.186. The molecule has 0 radical (unpaired) electrons. The lowest BCUT2D eigenvalue weighted by atomic mass is 9.85. The Kier molecular flexibility index (Phi) is 9.47. The van der Waals surface area contributed by atoms with Crippen LogP contribution in [0.4, 0.5) is 4.79 Å². The van der Waals surface area contributed by atoms with Gasteiger partial charge in [-0.05, 0) is 44.1 Å². The number of hydrogen-bond donors (Lipinski definition) is 2.